The number of hydrogen-bond acceptors (Lipinski definition) is 4. The largest absolute Gasteiger partial charge is 0.504 e. The third kappa shape index (κ3) is 3.22. The molecule has 0 unspecified atom stereocenters. The highest BCUT2D eigenvalue weighted by molar-refractivity contribution is 5.97. The van der Waals surface area contributed by atoms with Gasteiger partial charge in [0.1, 0.15) is 11.5 Å². The highest BCUT2D eigenvalue weighted by atomic mass is 16.5. The van der Waals surface area contributed by atoms with Crippen molar-refractivity contribution in [2.45, 2.75) is 6.92 Å². The smallest absolute Gasteiger partial charge is 0.163 e. The van der Waals surface area contributed by atoms with Crippen molar-refractivity contribution in [2.75, 3.05) is 6.61 Å². The van der Waals surface area contributed by atoms with Crippen molar-refractivity contribution in [3.63, 3.8) is 0 Å². The predicted octanol–water partition coefficient (Wildman–Crippen LogP) is 2.22. The van der Waals surface area contributed by atoms with E-state index in [0.29, 0.717) is 29.6 Å². The zero-order valence-electron chi connectivity index (χ0n) is 10.6. The first-order valence-corrected chi connectivity index (χ1v) is 5.92. The summed E-state index contributed by atoms with van der Waals surface area (Å²) in [6, 6.07) is 10.2. The van der Waals surface area contributed by atoms with E-state index in [1.807, 2.05) is 19.1 Å². The van der Waals surface area contributed by atoms with Crippen molar-refractivity contribution < 1.29 is 9.84 Å². The topological polar surface area (TPSA) is 80.7 Å². The highest BCUT2D eigenvalue weighted by Crippen LogP contribution is 2.30. The molecule has 1 aromatic carbocycles. The lowest BCUT2D eigenvalue weighted by atomic mass is 10.2. The Morgan fingerprint density at radius 2 is 2.21 bits per heavy atom. The lowest BCUT2D eigenvalue weighted by Gasteiger charge is -2.06. The molecule has 0 bridgehead atoms. The molecule has 19 heavy (non-hydrogen) atoms. The number of aromatic hydroxyl groups is 1. The van der Waals surface area contributed by atoms with Gasteiger partial charge in [-0.25, -0.2) is 4.99 Å². The fourth-order valence-electron chi connectivity index (χ4n) is 1.55. The number of aromatic nitrogens is 1. The van der Waals surface area contributed by atoms with Crippen molar-refractivity contribution in [1.82, 2.24) is 4.98 Å². The van der Waals surface area contributed by atoms with Crippen LogP contribution in [-0.2, 0) is 0 Å². The van der Waals surface area contributed by atoms with Crippen LogP contribution in [0.1, 0.15) is 12.6 Å². The monoisotopic (exact) mass is 257 g/mol. The number of amidine groups is 1. The summed E-state index contributed by atoms with van der Waals surface area (Å²) < 4.78 is 5.29. The van der Waals surface area contributed by atoms with Crippen LogP contribution < -0.4 is 10.5 Å². The standard InChI is InChI=1S/C14H15N3O2/c1-2-19-13-9-10(6-7-12(13)18)17-14(15)11-5-3-4-8-16-11/h3-9,18H,2H2,1H3,(H2,15,17). The second-order valence-electron chi connectivity index (χ2n) is 3.80. The molecule has 0 atom stereocenters. The summed E-state index contributed by atoms with van der Waals surface area (Å²) in [4.78, 5) is 8.37. The van der Waals surface area contributed by atoms with Crippen molar-refractivity contribution in [3.8, 4) is 11.5 Å². The molecule has 0 radical (unpaired) electrons. The summed E-state index contributed by atoms with van der Waals surface area (Å²) in [6.07, 6.45) is 1.65. The molecule has 3 N–H and O–H groups in total. The number of rotatable bonds is 4. The number of nitrogens with two attached hydrogens (primary N) is 1. The number of pyridine rings is 1. The van der Waals surface area contributed by atoms with Gasteiger partial charge in [0.25, 0.3) is 0 Å². The van der Waals surface area contributed by atoms with Gasteiger partial charge in [-0.2, -0.15) is 0 Å². The van der Waals surface area contributed by atoms with E-state index in [4.69, 9.17) is 10.5 Å². The third-order valence-corrected chi connectivity index (χ3v) is 2.42. The van der Waals surface area contributed by atoms with Gasteiger partial charge in [0.2, 0.25) is 0 Å². The fourth-order valence-corrected chi connectivity index (χ4v) is 1.55. The molecule has 0 amide bonds. The maximum Gasteiger partial charge on any atom is 0.163 e. The first-order chi connectivity index (χ1) is 9.20. The molecule has 1 aromatic heterocycles. The van der Waals surface area contributed by atoms with Crippen molar-refractivity contribution >= 4 is 11.5 Å². The lowest BCUT2D eigenvalue weighted by Crippen LogP contribution is -2.14. The molecule has 5 heteroatoms. The van der Waals surface area contributed by atoms with Crippen LogP contribution >= 0.6 is 0 Å². The number of phenolic OH excluding ortho intramolecular Hbond substituents is 1. The summed E-state index contributed by atoms with van der Waals surface area (Å²) in [6.45, 7) is 2.31. The maximum absolute atomic E-state index is 9.60. The number of aliphatic imine (C=N–C) groups is 1. The number of nitrogens with zero attached hydrogens (tertiary/aromatic N) is 2. The molecule has 0 aliphatic heterocycles. The van der Waals surface area contributed by atoms with E-state index in [1.165, 1.54) is 6.07 Å². The lowest BCUT2D eigenvalue weighted by molar-refractivity contribution is 0.318. The Kier molecular flexibility index (Phi) is 3.97. The maximum atomic E-state index is 9.60. The molecule has 2 aromatic rings. The molecule has 0 spiro atoms. The van der Waals surface area contributed by atoms with Gasteiger partial charge in [0.05, 0.1) is 12.3 Å². The second kappa shape index (κ2) is 5.86. The zero-order valence-corrected chi connectivity index (χ0v) is 10.6. The summed E-state index contributed by atoms with van der Waals surface area (Å²) in [5.41, 5.74) is 7.08. The minimum Gasteiger partial charge on any atom is -0.504 e. The SMILES string of the molecule is CCOc1cc(N=C(N)c2ccccn2)ccc1O. The zero-order chi connectivity index (χ0) is 13.7. The first kappa shape index (κ1) is 12.9. The summed E-state index contributed by atoms with van der Waals surface area (Å²) in [7, 11) is 0. The Hall–Kier alpha value is -2.56. The van der Waals surface area contributed by atoms with E-state index in [-0.39, 0.29) is 5.75 Å². The van der Waals surface area contributed by atoms with E-state index < -0.39 is 0 Å². The van der Waals surface area contributed by atoms with Crippen molar-refractivity contribution in [1.29, 1.82) is 0 Å². The number of hydrogen-bond donors (Lipinski definition) is 2. The minimum atomic E-state index is 0.0807. The number of phenols is 1. The quantitative estimate of drug-likeness (QED) is 0.650. The summed E-state index contributed by atoms with van der Waals surface area (Å²) >= 11 is 0. The molecule has 0 saturated carbocycles. The molecule has 5 nitrogen and oxygen atoms in total. The van der Waals surface area contributed by atoms with Gasteiger partial charge in [-0.3, -0.25) is 4.98 Å². The molecular formula is C14H15N3O2. The van der Waals surface area contributed by atoms with E-state index in [9.17, 15) is 5.11 Å². The molecule has 0 fully saturated rings. The molecule has 0 saturated heterocycles. The summed E-state index contributed by atoms with van der Waals surface area (Å²) in [5.74, 6) is 0.781. The molecular weight excluding hydrogens is 242 g/mol. The Bertz CT molecular complexity index is 582. The van der Waals surface area contributed by atoms with Gasteiger partial charge in [-0.1, -0.05) is 6.07 Å². The van der Waals surface area contributed by atoms with Crippen molar-refractivity contribution in [2.24, 2.45) is 10.7 Å². The van der Waals surface area contributed by atoms with Crippen LogP contribution in [0.2, 0.25) is 0 Å². The third-order valence-electron chi connectivity index (χ3n) is 2.42. The fraction of sp³-hybridized carbons (Fsp3) is 0.143. The van der Waals surface area contributed by atoms with Crippen LogP contribution in [0.25, 0.3) is 0 Å². The van der Waals surface area contributed by atoms with Crippen LogP contribution in [0.4, 0.5) is 5.69 Å². The van der Waals surface area contributed by atoms with Crippen LogP contribution in [0.3, 0.4) is 0 Å². The van der Waals surface area contributed by atoms with Crippen LogP contribution in [-0.4, -0.2) is 22.5 Å². The first-order valence-electron chi connectivity index (χ1n) is 5.92. The average Bonchev–Trinajstić information content (AvgIpc) is 2.44. The van der Waals surface area contributed by atoms with Gasteiger partial charge in [-0.05, 0) is 31.2 Å². The molecule has 1 heterocycles. The Morgan fingerprint density at radius 1 is 1.37 bits per heavy atom. The van der Waals surface area contributed by atoms with Gasteiger partial charge in [0.15, 0.2) is 11.5 Å². The highest BCUT2D eigenvalue weighted by Gasteiger charge is 2.04. The van der Waals surface area contributed by atoms with Crippen molar-refractivity contribution in [3.05, 3.63) is 48.3 Å². The Morgan fingerprint density at radius 3 is 2.89 bits per heavy atom. The average molecular weight is 257 g/mol. The van der Waals surface area contributed by atoms with Crippen LogP contribution in [0, 0.1) is 0 Å². The Labute approximate surface area is 111 Å². The normalized spacial score (nSPS) is 11.3. The van der Waals surface area contributed by atoms with E-state index in [2.05, 4.69) is 9.98 Å². The van der Waals surface area contributed by atoms with Gasteiger partial charge >= 0.3 is 0 Å². The minimum absolute atomic E-state index is 0.0807. The van der Waals surface area contributed by atoms with Crippen LogP contribution in [0.15, 0.2) is 47.6 Å². The molecule has 0 aliphatic carbocycles. The second-order valence-corrected chi connectivity index (χ2v) is 3.80. The van der Waals surface area contributed by atoms with Gasteiger partial charge in [0, 0.05) is 12.3 Å². The number of benzene rings is 1. The van der Waals surface area contributed by atoms with E-state index in [1.54, 1.807) is 24.4 Å². The predicted molar refractivity (Wildman–Crippen MR) is 73.9 cm³/mol. The molecule has 0 aliphatic rings. The number of ether oxygens (including phenoxy) is 1. The van der Waals surface area contributed by atoms with Gasteiger partial charge < -0.3 is 15.6 Å². The van der Waals surface area contributed by atoms with E-state index in [0.717, 1.165) is 0 Å². The summed E-state index contributed by atoms with van der Waals surface area (Å²) in [5, 5.41) is 9.60. The molecule has 98 valence electrons. The van der Waals surface area contributed by atoms with Gasteiger partial charge in [-0.15, -0.1) is 0 Å². The van der Waals surface area contributed by atoms with Crippen LogP contribution in [0.5, 0.6) is 11.5 Å². The van der Waals surface area contributed by atoms with E-state index >= 15 is 0 Å². The Balaban J connectivity index is 2.30. The molecule has 2 rings (SSSR count).